The average Bonchev–Trinajstić information content (AvgIpc) is 2.29. The molecule has 0 atom stereocenters. The van der Waals surface area contributed by atoms with Crippen LogP contribution in [0.1, 0.15) is 26.7 Å². The van der Waals surface area contributed by atoms with Gasteiger partial charge in [-0.15, -0.1) is 0 Å². The fourth-order valence-electron chi connectivity index (χ4n) is 1.43. The van der Waals surface area contributed by atoms with Gasteiger partial charge < -0.3 is 10.6 Å². The fraction of sp³-hybridized carbons (Fsp3) is 0.417. The van der Waals surface area contributed by atoms with E-state index in [-0.39, 0.29) is 17.8 Å². The van der Waals surface area contributed by atoms with Crippen LogP contribution in [0.3, 0.4) is 0 Å². The van der Waals surface area contributed by atoms with Crippen LogP contribution in [0.4, 0.5) is 14.9 Å². The van der Waals surface area contributed by atoms with Crippen LogP contribution >= 0.6 is 15.9 Å². The van der Waals surface area contributed by atoms with Crippen molar-refractivity contribution >= 4 is 27.6 Å². The fourth-order valence-corrected chi connectivity index (χ4v) is 1.76. The highest BCUT2D eigenvalue weighted by Crippen LogP contribution is 2.19. The van der Waals surface area contributed by atoms with Gasteiger partial charge in [0.05, 0.1) is 5.69 Å². The number of anilines is 1. The molecule has 0 heterocycles. The summed E-state index contributed by atoms with van der Waals surface area (Å²) in [5.41, 5.74) is 0.177. The van der Waals surface area contributed by atoms with Gasteiger partial charge in [-0.1, -0.05) is 29.8 Å². The summed E-state index contributed by atoms with van der Waals surface area (Å²) in [5.74, 6) is -0.459. The minimum atomic E-state index is -0.459. The quantitative estimate of drug-likeness (QED) is 0.870. The van der Waals surface area contributed by atoms with Gasteiger partial charge in [0.1, 0.15) is 5.82 Å². The summed E-state index contributed by atoms with van der Waals surface area (Å²) >= 11 is 3.16. The third-order valence-electron chi connectivity index (χ3n) is 2.50. The monoisotopic (exact) mass is 302 g/mol. The van der Waals surface area contributed by atoms with E-state index in [0.29, 0.717) is 4.47 Å². The molecule has 0 saturated heterocycles. The number of hydrogen-bond acceptors (Lipinski definition) is 1. The van der Waals surface area contributed by atoms with E-state index >= 15 is 0 Å². The summed E-state index contributed by atoms with van der Waals surface area (Å²) in [6.07, 6.45) is 1.71. The molecule has 94 valence electrons. The largest absolute Gasteiger partial charge is 0.335 e. The van der Waals surface area contributed by atoms with Crippen molar-refractivity contribution in [3.8, 4) is 0 Å². The van der Waals surface area contributed by atoms with Crippen LogP contribution in [0.2, 0.25) is 0 Å². The topological polar surface area (TPSA) is 41.1 Å². The molecule has 0 bridgehead atoms. The molecule has 17 heavy (non-hydrogen) atoms. The normalized spacial score (nSPS) is 10.4. The molecule has 0 aliphatic rings. The van der Waals surface area contributed by atoms with E-state index in [4.69, 9.17) is 0 Å². The molecule has 0 spiro atoms. The van der Waals surface area contributed by atoms with Gasteiger partial charge in [-0.3, -0.25) is 0 Å². The second kappa shape index (κ2) is 6.59. The third kappa shape index (κ3) is 4.34. The Morgan fingerprint density at radius 3 is 2.59 bits per heavy atom. The molecule has 1 rings (SSSR count). The van der Waals surface area contributed by atoms with E-state index in [1.54, 1.807) is 6.07 Å². The zero-order valence-electron chi connectivity index (χ0n) is 9.89. The molecule has 0 saturated carbocycles. The van der Waals surface area contributed by atoms with Crippen LogP contribution in [-0.4, -0.2) is 12.1 Å². The Morgan fingerprint density at radius 1 is 1.41 bits per heavy atom. The Kier molecular flexibility index (Phi) is 5.41. The van der Waals surface area contributed by atoms with E-state index in [1.165, 1.54) is 12.1 Å². The smallest absolute Gasteiger partial charge is 0.319 e. The lowest BCUT2D eigenvalue weighted by molar-refractivity contribution is 0.247. The Hall–Kier alpha value is -1.10. The Bertz CT molecular complexity index is 394. The number of carbonyl (C=O) groups is 1. The predicted octanol–water partition coefficient (Wildman–Crippen LogP) is 3.90. The number of rotatable bonds is 4. The van der Waals surface area contributed by atoms with Gasteiger partial charge in [-0.2, -0.15) is 0 Å². The molecular weight excluding hydrogens is 287 g/mol. The van der Waals surface area contributed by atoms with Crippen LogP contribution in [0.15, 0.2) is 22.7 Å². The summed E-state index contributed by atoms with van der Waals surface area (Å²) in [6.45, 7) is 3.99. The first-order chi connectivity index (χ1) is 8.06. The maximum Gasteiger partial charge on any atom is 0.319 e. The SMILES string of the molecule is CCC(CC)NC(=O)Nc1ccc(Br)cc1F. The number of amides is 2. The zero-order chi connectivity index (χ0) is 12.8. The predicted molar refractivity (Wildman–Crippen MR) is 70.6 cm³/mol. The molecule has 1 aromatic carbocycles. The van der Waals surface area contributed by atoms with Crippen LogP contribution < -0.4 is 10.6 Å². The minimum absolute atomic E-state index is 0.119. The van der Waals surface area contributed by atoms with E-state index in [2.05, 4.69) is 26.6 Å². The molecule has 0 aliphatic carbocycles. The van der Waals surface area contributed by atoms with Gasteiger partial charge >= 0.3 is 6.03 Å². The highest BCUT2D eigenvalue weighted by molar-refractivity contribution is 9.10. The Balaban J connectivity index is 2.62. The van der Waals surface area contributed by atoms with Crippen molar-refractivity contribution in [3.05, 3.63) is 28.5 Å². The zero-order valence-corrected chi connectivity index (χ0v) is 11.5. The second-order valence-electron chi connectivity index (χ2n) is 3.74. The molecule has 2 amide bonds. The van der Waals surface area contributed by atoms with E-state index < -0.39 is 5.82 Å². The van der Waals surface area contributed by atoms with Crippen LogP contribution in [0, 0.1) is 5.82 Å². The van der Waals surface area contributed by atoms with Gasteiger partial charge in [0.2, 0.25) is 0 Å². The van der Waals surface area contributed by atoms with Crippen molar-refractivity contribution in [2.24, 2.45) is 0 Å². The van der Waals surface area contributed by atoms with Crippen LogP contribution in [-0.2, 0) is 0 Å². The van der Waals surface area contributed by atoms with Gasteiger partial charge in [0.25, 0.3) is 0 Å². The van der Waals surface area contributed by atoms with Crippen molar-refractivity contribution in [2.45, 2.75) is 32.7 Å². The molecule has 0 aromatic heterocycles. The van der Waals surface area contributed by atoms with Crippen LogP contribution in [0.25, 0.3) is 0 Å². The molecule has 0 radical (unpaired) electrons. The number of nitrogens with one attached hydrogen (secondary N) is 2. The maximum atomic E-state index is 13.4. The van der Waals surface area contributed by atoms with Gasteiger partial charge in [0.15, 0.2) is 0 Å². The highest BCUT2D eigenvalue weighted by atomic mass is 79.9. The number of urea groups is 1. The van der Waals surface area contributed by atoms with Crippen LogP contribution in [0.5, 0.6) is 0 Å². The summed E-state index contributed by atoms with van der Waals surface area (Å²) < 4.78 is 14.1. The summed E-state index contributed by atoms with van der Waals surface area (Å²) in [6, 6.07) is 4.25. The molecule has 5 heteroatoms. The standard InChI is InChI=1S/C12H16BrFN2O/c1-3-9(4-2)15-12(17)16-11-6-5-8(13)7-10(11)14/h5-7,9H,3-4H2,1-2H3,(H2,15,16,17). The molecule has 0 unspecified atom stereocenters. The second-order valence-corrected chi connectivity index (χ2v) is 4.65. The number of halogens is 2. The molecule has 0 aliphatic heterocycles. The number of benzene rings is 1. The number of hydrogen-bond donors (Lipinski definition) is 2. The molecule has 3 nitrogen and oxygen atoms in total. The Morgan fingerprint density at radius 2 is 2.06 bits per heavy atom. The third-order valence-corrected chi connectivity index (χ3v) is 2.99. The molecule has 0 fully saturated rings. The minimum Gasteiger partial charge on any atom is -0.335 e. The summed E-state index contributed by atoms with van der Waals surface area (Å²) in [4.78, 5) is 11.6. The van der Waals surface area contributed by atoms with Crippen molar-refractivity contribution in [3.63, 3.8) is 0 Å². The summed E-state index contributed by atoms with van der Waals surface area (Å²) in [5, 5.41) is 5.27. The first-order valence-corrected chi connectivity index (χ1v) is 6.38. The average molecular weight is 303 g/mol. The van der Waals surface area contributed by atoms with Gasteiger partial charge in [0, 0.05) is 10.5 Å². The lowest BCUT2D eigenvalue weighted by atomic mass is 10.2. The van der Waals surface area contributed by atoms with Gasteiger partial charge in [-0.05, 0) is 31.0 Å². The molecule has 1 aromatic rings. The van der Waals surface area contributed by atoms with E-state index in [9.17, 15) is 9.18 Å². The van der Waals surface area contributed by atoms with Gasteiger partial charge in [-0.25, -0.2) is 9.18 Å². The first-order valence-electron chi connectivity index (χ1n) is 5.59. The van der Waals surface area contributed by atoms with Crippen molar-refractivity contribution < 1.29 is 9.18 Å². The molecular formula is C12H16BrFN2O. The Labute approximate surface area is 109 Å². The van der Waals surface area contributed by atoms with Crippen molar-refractivity contribution in [2.75, 3.05) is 5.32 Å². The lowest BCUT2D eigenvalue weighted by Crippen LogP contribution is -2.37. The van der Waals surface area contributed by atoms with Crippen molar-refractivity contribution in [1.29, 1.82) is 0 Å². The lowest BCUT2D eigenvalue weighted by Gasteiger charge is -2.15. The number of carbonyl (C=O) groups excluding carboxylic acids is 1. The van der Waals surface area contributed by atoms with Crippen molar-refractivity contribution in [1.82, 2.24) is 5.32 Å². The first kappa shape index (κ1) is 14.0. The van der Waals surface area contributed by atoms with E-state index in [1.807, 2.05) is 13.8 Å². The maximum absolute atomic E-state index is 13.4. The highest BCUT2D eigenvalue weighted by Gasteiger charge is 2.10. The van der Waals surface area contributed by atoms with E-state index in [0.717, 1.165) is 12.8 Å². The molecule has 2 N–H and O–H groups in total. The summed E-state index contributed by atoms with van der Waals surface area (Å²) in [7, 11) is 0.